The Hall–Kier alpha value is -1.84. The number of nitrogens with zero attached hydrogens (tertiary/aromatic N) is 3. The molecule has 1 rings (SSSR count). The number of carbonyl (C=O) groups excluding carboxylic acids is 2. The number of aliphatic imine (C=N–C) groups is 1. The Morgan fingerprint density at radius 2 is 1.62 bits per heavy atom. The Morgan fingerprint density at radius 3 is 2.12 bits per heavy atom. The van der Waals surface area contributed by atoms with Gasteiger partial charge in [0.05, 0.1) is 6.54 Å². The van der Waals surface area contributed by atoms with Gasteiger partial charge in [-0.2, -0.15) is 0 Å². The zero-order valence-corrected chi connectivity index (χ0v) is 18.5. The number of hydrogen-bond donors (Lipinski definition) is 2. The van der Waals surface area contributed by atoms with E-state index in [1.54, 1.807) is 38.0 Å². The number of halogens is 1. The number of amides is 2. The van der Waals surface area contributed by atoms with Gasteiger partial charge < -0.3 is 20.4 Å². The quantitative estimate of drug-likeness (QED) is 0.357. The molecular weight excluding hydrogens is 445 g/mol. The second-order valence-corrected chi connectivity index (χ2v) is 6.06. The van der Waals surface area contributed by atoms with Crippen molar-refractivity contribution >= 4 is 41.8 Å². The van der Waals surface area contributed by atoms with Gasteiger partial charge in [0, 0.05) is 53.3 Å². The molecule has 7 nitrogen and oxygen atoms in total. The van der Waals surface area contributed by atoms with Crippen LogP contribution in [0.25, 0.3) is 0 Å². The lowest BCUT2D eigenvalue weighted by atomic mass is 10.1. The molecule has 0 aliphatic heterocycles. The standard InChI is InChI=1S/C18H29N5O2.HI/c1-6-19-18(20-12-11-16(24)22(2)3)21-13-14-7-9-15(10-8-14)17(25)23(4)5;/h7-10H,6,11-13H2,1-5H3,(H2,19,20,21);1H. The summed E-state index contributed by atoms with van der Waals surface area (Å²) in [6, 6.07) is 7.42. The highest BCUT2D eigenvalue weighted by atomic mass is 127. The molecular formula is C18H30IN5O2. The van der Waals surface area contributed by atoms with E-state index in [2.05, 4.69) is 15.6 Å². The SMILES string of the molecule is CCNC(=NCc1ccc(C(=O)N(C)C)cc1)NCCC(=O)N(C)C.I. The van der Waals surface area contributed by atoms with Crippen LogP contribution in [0.5, 0.6) is 0 Å². The molecule has 0 atom stereocenters. The van der Waals surface area contributed by atoms with Crippen molar-refractivity contribution < 1.29 is 9.59 Å². The van der Waals surface area contributed by atoms with Gasteiger partial charge >= 0.3 is 0 Å². The molecule has 0 spiro atoms. The molecule has 0 saturated carbocycles. The van der Waals surface area contributed by atoms with Crippen molar-refractivity contribution in [2.75, 3.05) is 41.3 Å². The highest BCUT2D eigenvalue weighted by Gasteiger charge is 2.07. The zero-order chi connectivity index (χ0) is 18.8. The lowest BCUT2D eigenvalue weighted by molar-refractivity contribution is -0.128. The van der Waals surface area contributed by atoms with Crippen LogP contribution >= 0.6 is 24.0 Å². The molecule has 2 amide bonds. The maximum Gasteiger partial charge on any atom is 0.253 e. The first-order valence-electron chi connectivity index (χ1n) is 8.38. The minimum atomic E-state index is -0.0179. The maximum absolute atomic E-state index is 11.9. The van der Waals surface area contributed by atoms with Gasteiger partial charge in [0.25, 0.3) is 5.91 Å². The van der Waals surface area contributed by atoms with E-state index in [0.29, 0.717) is 31.0 Å². The van der Waals surface area contributed by atoms with Gasteiger partial charge in [0.1, 0.15) is 0 Å². The minimum absolute atomic E-state index is 0. The second kappa shape index (κ2) is 12.5. The summed E-state index contributed by atoms with van der Waals surface area (Å²) < 4.78 is 0. The summed E-state index contributed by atoms with van der Waals surface area (Å²) >= 11 is 0. The Kier molecular flexibility index (Phi) is 11.6. The largest absolute Gasteiger partial charge is 0.357 e. The fourth-order valence-corrected chi connectivity index (χ4v) is 2.03. The van der Waals surface area contributed by atoms with Gasteiger partial charge in [-0.15, -0.1) is 24.0 Å². The third kappa shape index (κ3) is 8.50. The highest BCUT2D eigenvalue weighted by Crippen LogP contribution is 2.07. The summed E-state index contributed by atoms with van der Waals surface area (Å²) in [4.78, 5) is 31.1. The minimum Gasteiger partial charge on any atom is -0.357 e. The van der Waals surface area contributed by atoms with Crippen molar-refractivity contribution in [1.82, 2.24) is 20.4 Å². The maximum atomic E-state index is 11.9. The number of hydrogen-bond acceptors (Lipinski definition) is 3. The molecule has 0 radical (unpaired) electrons. The molecule has 1 aromatic carbocycles. The lowest BCUT2D eigenvalue weighted by Crippen LogP contribution is -2.39. The fourth-order valence-electron chi connectivity index (χ4n) is 2.03. The van der Waals surface area contributed by atoms with E-state index >= 15 is 0 Å². The number of guanidine groups is 1. The number of rotatable bonds is 7. The predicted octanol–water partition coefficient (Wildman–Crippen LogP) is 1.54. The Bertz CT molecular complexity index is 600. The van der Waals surface area contributed by atoms with Crippen LogP contribution in [0.2, 0.25) is 0 Å². The average molecular weight is 475 g/mol. The van der Waals surface area contributed by atoms with Crippen LogP contribution in [0.3, 0.4) is 0 Å². The van der Waals surface area contributed by atoms with E-state index in [-0.39, 0.29) is 35.8 Å². The first-order valence-corrected chi connectivity index (χ1v) is 8.38. The van der Waals surface area contributed by atoms with E-state index in [9.17, 15) is 9.59 Å². The van der Waals surface area contributed by atoms with E-state index in [0.717, 1.165) is 12.1 Å². The molecule has 146 valence electrons. The summed E-state index contributed by atoms with van der Waals surface area (Å²) in [7, 11) is 6.95. The molecule has 1 aromatic rings. The lowest BCUT2D eigenvalue weighted by Gasteiger charge is -2.13. The van der Waals surface area contributed by atoms with Crippen molar-refractivity contribution in [3.8, 4) is 0 Å². The molecule has 0 fully saturated rings. The highest BCUT2D eigenvalue weighted by molar-refractivity contribution is 14.0. The molecule has 0 unspecified atom stereocenters. The van der Waals surface area contributed by atoms with Gasteiger partial charge in [-0.3, -0.25) is 9.59 Å². The number of nitrogens with one attached hydrogen (secondary N) is 2. The smallest absolute Gasteiger partial charge is 0.253 e. The van der Waals surface area contributed by atoms with Crippen LogP contribution in [-0.4, -0.2) is 68.9 Å². The molecule has 2 N–H and O–H groups in total. The van der Waals surface area contributed by atoms with Crippen LogP contribution in [0.15, 0.2) is 29.3 Å². The van der Waals surface area contributed by atoms with Crippen molar-refractivity contribution in [1.29, 1.82) is 0 Å². The first kappa shape index (κ1) is 24.2. The molecule has 0 bridgehead atoms. The first-order chi connectivity index (χ1) is 11.8. The molecule has 0 saturated heterocycles. The summed E-state index contributed by atoms with van der Waals surface area (Å²) in [5, 5.41) is 6.31. The topological polar surface area (TPSA) is 77.0 Å². The van der Waals surface area contributed by atoms with E-state index in [1.807, 2.05) is 31.2 Å². The van der Waals surface area contributed by atoms with Crippen LogP contribution in [0.4, 0.5) is 0 Å². The van der Waals surface area contributed by atoms with Crippen LogP contribution in [0, 0.1) is 0 Å². The average Bonchev–Trinajstić information content (AvgIpc) is 2.59. The Balaban J connectivity index is 0.00000625. The summed E-state index contributed by atoms with van der Waals surface area (Å²) in [5.41, 5.74) is 1.67. The van der Waals surface area contributed by atoms with Gasteiger partial charge in [0.15, 0.2) is 5.96 Å². The molecule has 0 aliphatic rings. The van der Waals surface area contributed by atoms with Gasteiger partial charge in [0.2, 0.25) is 5.91 Å². The third-order valence-corrected chi connectivity index (χ3v) is 3.50. The number of benzene rings is 1. The van der Waals surface area contributed by atoms with E-state index in [4.69, 9.17) is 0 Å². The van der Waals surface area contributed by atoms with Crippen LogP contribution in [0.1, 0.15) is 29.3 Å². The normalized spacial score (nSPS) is 10.6. The second-order valence-electron chi connectivity index (χ2n) is 6.06. The van der Waals surface area contributed by atoms with Crippen LogP contribution in [-0.2, 0) is 11.3 Å². The summed E-state index contributed by atoms with van der Waals surface area (Å²) in [6.45, 7) is 3.75. The zero-order valence-electron chi connectivity index (χ0n) is 16.2. The summed E-state index contributed by atoms with van der Waals surface area (Å²) in [6.07, 6.45) is 0.415. The Morgan fingerprint density at radius 1 is 1.00 bits per heavy atom. The third-order valence-electron chi connectivity index (χ3n) is 3.50. The molecule has 0 aromatic heterocycles. The summed E-state index contributed by atoms with van der Waals surface area (Å²) in [5.74, 6) is 0.725. The van der Waals surface area contributed by atoms with Gasteiger partial charge in [-0.25, -0.2) is 4.99 Å². The Labute approximate surface area is 173 Å². The van der Waals surface area contributed by atoms with Crippen LogP contribution < -0.4 is 10.6 Å². The van der Waals surface area contributed by atoms with E-state index in [1.165, 1.54) is 0 Å². The van der Waals surface area contributed by atoms with Gasteiger partial charge in [-0.05, 0) is 24.6 Å². The van der Waals surface area contributed by atoms with E-state index < -0.39 is 0 Å². The molecule has 8 heteroatoms. The number of carbonyl (C=O) groups is 2. The van der Waals surface area contributed by atoms with Crippen molar-refractivity contribution in [3.05, 3.63) is 35.4 Å². The predicted molar refractivity (Wildman–Crippen MR) is 116 cm³/mol. The van der Waals surface area contributed by atoms with Crippen molar-refractivity contribution in [3.63, 3.8) is 0 Å². The monoisotopic (exact) mass is 475 g/mol. The molecule has 0 heterocycles. The van der Waals surface area contributed by atoms with Gasteiger partial charge in [-0.1, -0.05) is 12.1 Å². The molecule has 26 heavy (non-hydrogen) atoms. The van der Waals surface area contributed by atoms with Crippen molar-refractivity contribution in [2.24, 2.45) is 4.99 Å². The fraction of sp³-hybridized carbons (Fsp3) is 0.500. The van der Waals surface area contributed by atoms with Crippen molar-refractivity contribution in [2.45, 2.75) is 19.9 Å². The molecule has 0 aliphatic carbocycles.